The fourth-order valence-electron chi connectivity index (χ4n) is 3.47. The van der Waals surface area contributed by atoms with E-state index in [1.54, 1.807) is 0 Å². The zero-order valence-electron chi connectivity index (χ0n) is 13.4. The first-order chi connectivity index (χ1) is 11.7. The zero-order valence-corrected chi connectivity index (χ0v) is 14.3. The number of aromatic nitrogens is 5. The summed E-state index contributed by atoms with van der Waals surface area (Å²) >= 11 is 1.87. The van der Waals surface area contributed by atoms with E-state index >= 15 is 0 Å². The van der Waals surface area contributed by atoms with Crippen molar-refractivity contribution < 1.29 is 0 Å². The Morgan fingerprint density at radius 3 is 3.00 bits per heavy atom. The highest BCUT2D eigenvalue weighted by atomic mass is 32.1. The van der Waals surface area contributed by atoms with Crippen molar-refractivity contribution in [1.29, 1.82) is 0 Å². The van der Waals surface area contributed by atoms with Crippen molar-refractivity contribution in [3.63, 3.8) is 0 Å². The smallest absolute Gasteiger partial charge is 0.348 e. The molecule has 1 N–H and O–H groups in total. The minimum Gasteiger partial charge on any atom is -0.351 e. The second kappa shape index (κ2) is 5.14. The lowest BCUT2D eigenvalue weighted by Crippen LogP contribution is -2.31. The molecule has 1 aliphatic carbocycles. The Bertz CT molecular complexity index is 982. The second-order valence-electron chi connectivity index (χ2n) is 6.67. The van der Waals surface area contributed by atoms with Crippen molar-refractivity contribution in [2.24, 2.45) is 0 Å². The van der Waals surface area contributed by atoms with Gasteiger partial charge in [0, 0.05) is 35.5 Å². The van der Waals surface area contributed by atoms with Crippen LogP contribution in [0.15, 0.2) is 11.0 Å². The summed E-state index contributed by atoms with van der Waals surface area (Å²) in [6.07, 6.45) is 6.69. The number of anilines is 1. The van der Waals surface area contributed by atoms with E-state index in [1.165, 1.54) is 39.2 Å². The number of rotatable bonds is 2. The molecule has 2 aliphatic rings. The number of thiazole rings is 1. The van der Waals surface area contributed by atoms with E-state index in [9.17, 15) is 4.79 Å². The van der Waals surface area contributed by atoms with Crippen LogP contribution >= 0.6 is 11.3 Å². The van der Waals surface area contributed by atoms with Gasteiger partial charge in [-0.05, 0) is 19.8 Å². The van der Waals surface area contributed by atoms with Crippen LogP contribution in [0.1, 0.15) is 46.3 Å². The van der Waals surface area contributed by atoms with Crippen LogP contribution in [0.4, 0.5) is 5.82 Å². The Morgan fingerprint density at radius 2 is 2.21 bits per heavy atom. The third-order valence-corrected chi connectivity index (χ3v) is 6.31. The maximum atomic E-state index is 11.7. The number of nitrogens with one attached hydrogen (secondary N) is 1. The maximum absolute atomic E-state index is 11.7. The molecule has 0 amide bonds. The van der Waals surface area contributed by atoms with Gasteiger partial charge in [-0.2, -0.15) is 4.98 Å². The van der Waals surface area contributed by atoms with Crippen molar-refractivity contribution in [3.8, 4) is 0 Å². The van der Waals surface area contributed by atoms with Crippen molar-refractivity contribution in [1.82, 2.24) is 24.6 Å². The van der Waals surface area contributed by atoms with Crippen LogP contribution in [0.3, 0.4) is 0 Å². The number of fused-ring (bicyclic) bond motifs is 2. The molecule has 0 unspecified atom stereocenters. The molecule has 0 spiro atoms. The Labute approximate surface area is 142 Å². The van der Waals surface area contributed by atoms with E-state index in [0.717, 1.165) is 30.9 Å². The summed E-state index contributed by atoms with van der Waals surface area (Å²) in [5.41, 5.74) is 2.01. The molecule has 1 aliphatic heterocycles. The SMILES string of the molecule is Cc1cn2c(=O)[nH]nc2nc1N1CCc2nc(C3CCC3)sc2C1. The summed E-state index contributed by atoms with van der Waals surface area (Å²) in [4.78, 5) is 24.8. The lowest BCUT2D eigenvalue weighted by molar-refractivity contribution is 0.417. The molecular weight excluding hydrogens is 324 g/mol. The average molecular weight is 342 g/mol. The summed E-state index contributed by atoms with van der Waals surface area (Å²) in [7, 11) is 0. The Hall–Kier alpha value is -2.22. The van der Waals surface area contributed by atoms with E-state index < -0.39 is 0 Å². The monoisotopic (exact) mass is 342 g/mol. The molecule has 3 aromatic rings. The number of hydrogen-bond donors (Lipinski definition) is 1. The predicted octanol–water partition coefficient (Wildman–Crippen LogP) is 2.01. The van der Waals surface area contributed by atoms with Crippen LogP contribution in [-0.2, 0) is 13.0 Å². The summed E-state index contributed by atoms with van der Waals surface area (Å²) in [5.74, 6) is 2.03. The van der Waals surface area contributed by atoms with Crippen molar-refractivity contribution in [3.05, 3.63) is 37.8 Å². The minimum atomic E-state index is -0.249. The van der Waals surface area contributed by atoms with Gasteiger partial charge < -0.3 is 4.90 Å². The predicted molar refractivity (Wildman–Crippen MR) is 91.8 cm³/mol. The van der Waals surface area contributed by atoms with Gasteiger partial charge in [0.1, 0.15) is 5.82 Å². The molecule has 24 heavy (non-hydrogen) atoms. The summed E-state index contributed by atoms with van der Waals surface area (Å²) in [6, 6.07) is 0. The molecule has 0 bridgehead atoms. The Balaban J connectivity index is 1.49. The normalized spacial score (nSPS) is 18.0. The van der Waals surface area contributed by atoms with Crippen molar-refractivity contribution in [2.75, 3.05) is 11.4 Å². The van der Waals surface area contributed by atoms with E-state index in [2.05, 4.69) is 20.1 Å². The maximum Gasteiger partial charge on any atom is 0.348 e. The highest BCUT2D eigenvalue weighted by Crippen LogP contribution is 2.40. The Morgan fingerprint density at radius 1 is 1.33 bits per heavy atom. The molecule has 1 fully saturated rings. The molecule has 5 rings (SSSR count). The molecule has 1 saturated carbocycles. The van der Waals surface area contributed by atoms with Gasteiger partial charge in [0.15, 0.2) is 0 Å². The minimum absolute atomic E-state index is 0.249. The van der Waals surface area contributed by atoms with Crippen LogP contribution in [-0.4, -0.2) is 31.1 Å². The van der Waals surface area contributed by atoms with Crippen LogP contribution in [0.2, 0.25) is 0 Å². The first-order valence-electron chi connectivity index (χ1n) is 8.37. The van der Waals surface area contributed by atoms with Crippen molar-refractivity contribution in [2.45, 2.75) is 45.1 Å². The van der Waals surface area contributed by atoms with Gasteiger partial charge in [-0.25, -0.2) is 19.3 Å². The van der Waals surface area contributed by atoms with Gasteiger partial charge in [0.25, 0.3) is 5.78 Å². The van der Waals surface area contributed by atoms with E-state index in [0.29, 0.717) is 11.7 Å². The molecule has 0 radical (unpaired) electrons. The second-order valence-corrected chi connectivity index (χ2v) is 7.78. The molecule has 0 atom stereocenters. The number of aromatic amines is 1. The van der Waals surface area contributed by atoms with Gasteiger partial charge in [0.05, 0.1) is 17.2 Å². The highest BCUT2D eigenvalue weighted by molar-refractivity contribution is 7.11. The third kappa shape index (κ3) is 2.09. The number of aryl methyl sites for hydroxylation is 1. The molecule has 3 aromatic heterocycles. The summed E-state index contributed by atoms with van der Waals surface area (Å²) in [6.45, 7) is 3.74. The summed E-state index contributed by atoms with van der Waals surface area (Å²) < 4.78 is 1.45. The number of hydrogen-bond acceptors (Lipinski definition) is 6. The van der Waals surface area contributed by atoms with E-state index in [1.807, 2.05) is 24.5 Å². The zero-order chi connectivity index (χ0) is 16.3. The van der Waals surface area contributed by atoms with E-state index in [-0.39, 0.29) is 5.69 Å². The Kier molecular flexibility index (Phi) is 3.03. The quantitative estimate of drug-likeness (QED) is 0.771. The fraction of sp³-hybridized carbons (Fsp3) is 0.500. The molecule has 0 saturated heterocycles. The topological polar surface area (TPSA) is 79.2 Å². The summed E-state index contributed by atoms with van der Waals surface area (Å²) in [5, 5.41) is 7.76. The van der Waals surface area contributed by atoms with Gasteiger partial charge in [-0.1, -0.05) is 6.42 Å². The lowest BCUT2D eigenvalue weighted by Gasteiger charge is -2.28. The highest BCUT2D eigenvalue weighted by Gasteiger charge is 2.28. The van der Waals surface area contributed by atoms with Gasteiger partial charge in [-0.3, -0.25) is 0 Å². The van der Waals surface area contributed by atoms with Gasteiger partial charge in [-0.15, -0.1) is 16.4 Å². The molecule has 4 heterocycles. The van der Waals surface area contributed by atoms with Crippen LogP contribution in [0, 0.1) is 6.92 Å². The third-order valence-electron chi connectivity index (χ3n) is 5.07. The standard InChI is InChI=1S/C16H18N6OS/c1-9-7-22-15(19-20-16(22)23)18-13(9)21-6-5-11-12(8-21)24-14(17-11)10-3-2-4-10/h7,10H,2-6,8H2,1H3,(H,20,23). The fourth-order valence-corrected chi connectivity index (χ4v) is 4.77. The molecule has 8 heteroatoms. The van der Waals surface area contributed by atoms with Gasteiger partial charge in [0.2, 0.25) is 0 Å². The first kappa shape index (κ1) is 14.2. The van der Waals surface area contributed by atoms with Crippen LogP contribution < -0.4 is 10.6 Å². The number of nitrogens with zero attached hydrogens (tertiary/aromatic N) is 5. The average Bonchev–Trinajstić information content (AvgIpc) is 3.08. The molecular formula is C16H18N6OS. The largest absolute Gasteiger partial charge is 0.351 e. The number of H-pyrrole nitrogens is 1. The molecule has 0 aromatic carbocycles. The lowest BCUT2D eigenvalue weighted by atomic mass is 9.86. The molecule has 124 valence electrons. The first-order valence-corrected chi connectivity index (χ1v) is 9.18. The van der Waals surface area contributed by atoms with Crippen molar-refractivity contribution >= 4 is 22.9 Å². The van der Waals surface area contributed by atoms with Crippen LogP contribution in [0.5, 0.6) is 0 Å². The van der Waals surface area contributed by atoms with Gasteiger partial charge >= 0.3 is 5.69 Å². The van der Waals surface area contributed by atoms with Crippen LogP contribution in [0.25, 0.3) is 5.78 Å². The molecule has 7 nitrogen and oxygen atoms in total. The van der Waals surface area contributed by atoms with E-state index in [4.69, 9.17) is 4.98 Å².